The molecule has 0 aromatic heterocycles. The quantitative estimate of drug-likeness (QED) is 0.293. The molecule has 0 aliphatic carbocycles. The van der Waals surface area contributed by atoms with E-state index < -0.39 is 47.0 Å². The Hall–Kier alpha value is -3.43. The number of hydrogen-bond donors (Lipinski definition) is 0. The van der Waals surface area contributed by atoms with Crippen LogP contribution in [0.25, 0.3) is 17.0 Å². The van der Waals surface area contributed by atoms with Crippen LogP contribution in [0.5, 0.6) is 5.75 Å². The van der Waals surface area contributed by atoms with E-state index in [1.54, 1.807) is 0 Å². The van der Waals surface area contributed by atoms with Gasteiger partial charge in [0.15, 0.2) is 17.5 Å². The Balaban J connectivity index is 1.77. The van der Waals surface area contributed by atoms with Crippen LogP contribution in [0.3, 0.4) is 0 Å². The molecule has 0 heterocycles. The highest BCUT2D eigenvalue weighted by Crippen LogP contribution is 2.34. The number of benzene rings is 3. The summed E-state index contributed by atoms with van der Waals surface area (Å²) in [4.78, 5) is 0. The van der Waals surface area contributed by atoms with Crippen molar-refractivity contribution in [2.45, 2.75) is 32.5 Å². The molecule has 0 spiro atoms. The van der Waals surface area contributed by atoms with Crippen molar-refractivity contribution in [3.8, 4) is 16.9 Å². The highest BCUT2D eigenvalue weighted by molar-refractivity contribution is 5.66. The average Bonchev–Trinajstić information content (AvgIpc) is 2.79. The highest BCUT2D eigenvalue weighted by Gasteiger charge is 2.34. The Morgan fingerprint density at radius 1 is 0.771 bits per heavy atom. The molecule has 0 aliphatic rings. The number of ether oxygens (including phenoxy) is 1. The van der Waals surface area contributed by atoms with Crippen molar-refractivity contribution in [3.63, 3.8) is 0 Å². The molecule has 3 aromatic rings. The number of allylic oxidation sites excluding steroid dienone is 1. The molecular weight excluding hydrogens is 487 g/mol. The average molecular weight is 504 g/mol. The first-order chi connectivity index (χ1) is 16.4. The summed E-state index contributed by atoms with van der Waals surface area (Å²) in [6.45, 7) is 1.41. The molecule has 0 radical (unpaired) electrons. The van der Waals surface area contributed by atoms with E-state index >= 15 is 0 Å². The third-order valence-corrected chi connectivity index (χ3v) is 5.10. The van der Waals surface area contributed by atoms with E-state index in [1.807, 2.05) is 0 Å². The highest BCUT2D eigenvalue weighted by atomic mass is 19.4. The summed E-state index contributed by atoms with van der Waals surface area (Å²) < 4.78 is 124. The van der Waals surface area contributed by atoms with Crippen molar-refractivity contribution in [1.82, 2.24) is 0 Å². The van der Waals surface area contributed by atoms with Gasteiger partial charge in [0.25, 0.3) is 0 Å². The van der Waals surface area contributed by atoms with E-state index in [0.717, 1.165) is 12.1 Å². The lowest BCUT2D eigenvalue weighted by Crippen LogP contribution is -2.19. The molecule has 10 heteroatoms. The van der Waals surface area contributed by atoms with Gasteiger partial charge in [-0.25, -0.2) is 26.3 Å². The Bertz CT molecular complexity index is 1240. The van der Waals surface area contributed by atoms with Gasteiger partial charge in [-0.1, -0.05) is 31.2 Å². The van der Waals surface area contributed by atoms with Crippen LogP contribution < -0.4 is 4.74 Å². The molecule has 0 atom stereocenters. The molecule has 0 N–H and O–H groups in total. The van der Waals surface area contributed by atoms with Gasteiger partial charge in [0.2, 0.25) is 5.75 Å². The fraction of sp³-hybridized carbons (Fsp3) is 0.200. The monoisotopic (exact) mass is 504 g/mol. The summed E-state index contributed by atoms with van der Waals surface area (Å²) >= 11 is 0. The first kappa shape index (κ1) is 26.2. The maximum atomic E-state index is 14.6. The molecule has 0 saturated carbocycles. The molecule has 0 fully saturated rings. The normalized spacial score (nSPS) is 12.5. The van der Waals surface area contributed by atoms with E-state index in [0.29, 0.717) is 17.7 Å². The second-order valence-electron chi connectivity index (χ2n) is 7.51. The van der Waals surface area contributed by atoms with Crippen molar-refractivity contribution in [3.05, 3.63) is 94.3 Å². The van der Waals surface area contributed by atoms with Crippen LogP contribution in [0.4, 0.5) is 39.5 Å². The molecule has 1 nitrogen and oxygen atoms in total. The van der Waals surface area contributed by atoms with Crippen molar-refractivity contribution in [1.29, 1.82) is 0 Å². The van der Waals surface area contributed by atoms with E-state index in [1.165, 1.54) is 31.2 Å². The lowest BCUT2D eigenvalue weighted by Gasteiger charge is -2.13. The first-order valence-corrected chi connectivity index (χ1v) is 10.3. The minimum Gasteiger partial charge on any atom is -0.399 e. The van der Waals surface area contributed by atoms with Gasteiger partial charge < -0.3 is 4.74 Å². The maximum Gasteiger partial charge on any atom is 0.573 e. The Morgan fingerprint density at radius 3 is 1.97 bits per heavy atom. The van der Waals surface area contributed by atoms with Gasteiger partial charge in [0, 0.05) is 11.1 Å². The van der Waals surface area contributed by atoms with Crippen molar-refractivity contribution < 1.29 is 44.3 Å². The number of hydrogen-bond acceptors (Lipinski definition) is 1. The van der Waals surface area contributed by atoms with Gasteiger partial charge in [-0.2, -0.15) is 0 Å². The minimum absolute atomic E-state index is 0.0826. The van der Waals surface area contributed by atoms with Crippen molar-refractivity contribution in [2.75, 3.05) is 0 Å². The number of alkyl halides is 3. The maximum absolute atomic E-state index is 14.6. The molecule has 0 unspecified atom stereocenters. The van der Waals surface area contributed by atoms with Crippen LogP contribution in [0.2, 0.25) is 0 Å². The summed E-state index contributed by atoms with van der Waals surface area (Å²) in [5.41, 5.74) is -0.314. The Morgan fingerprint density at radius 2 is 1.43 bits per heavy atom. The van der Waals surface area contributed by atoms with Crippen LogP contribution in [0.15, 0.2) is 54.4 Å². The number of aryl methyl sites for hydroxylation is 2. The molecule has 35 heavy (non-hydrogen) atoms. The Kier molecular flexibility index (Phi) is 7.82. The van der Waals surface area contributed by atoms with Crippen LogP contribution in [0.1, 0.15) is 30.0 Å². The first-order valence-electron chi connectivity index (χ1n) is 10.3. The predicted octanol–water partition coefficient (Wildman–Crippen LogP) is 8.61. The zero-order valence-corrected chi connectivity index (χ0v) is 18.1. The SMILES string of the molecule is CC/C(F)=C(\F)c1ccc(CCc2ccc(-c3cc(F)c(OC(F)(F)F)c(F)c3)c(F)c2)c(F)c1. The van der Waals surface area contributed by atoms with Gasteiger partial charge in [0.05, 0.1) is 0 Å². The summed E-state index contributed by atoms with van der Waals surface area (Å²) in [7, 11) is 0. The van der Waals surface area contributed by atoms with E-state index in [-0.39, 0.29) is 41.5 Å². The second kappa shape index (κ2) is 10.5. The molecule has 0 aliphatic heterocycles. The predicted molar refractivity (Wildman–Crippen MR) is 112 cm³/mol. The van der Waals surface area contributed by atoms with Gasteiger partial charge in [-0.05, 0) is 60.2 Å². The summed E-state index contributed by atoms with van der Waals surface area (Å²) in [5.74, 6) is -8.82. The second-order valence-corrected chi connectivity index (χ2v) is 7.51. The van der Waals surface area contributed by atoms with E-state index in [2.05, 4.69) is 4.74 Å². The Labute approximate surface area is 194 Å². The lowest BCUT2D eigenvalue weighted by atomic mass is 9.98. The zero-order chi connectivity index (χ0) is 25.9. The van der Waals surface area contributed by atoms with E-state index in [4.69, 9.17) is 0 Å². The summed E-state index contributed by atoms with van der Waals surface area (Å²) in [6, 6.07) is 8.00. The molecular formula is C25H17F9O. The van der Waals surface area contributed by atoms with Crippen molar-refractivity contribution >= 4 is 5.83 Å². The fourth-order valence-electron chi connectivity index (χ4n) is 3.35. The molecule has 0 bridgehead atoms. The minimum atomic E-state index is -5.31. The number of halogens is 9. The van der Waals surface area contributed by atoms with Gasteiger partial charge in [-0.15, -0.1) is 13.2 Å². The van der Waals surface area contributed by atoms with Gasteiger partial charge in [-0.3, -0.25) is 0 Å². The van der Waals surface area contributed by atoms with E-state index in [9.17, 15) is 39.5 Å². The molecule has 3 aromatic carbocycles. The van der Waals surface area contributed by atoms with Crippen LogP contribution in [-0.4, -0.2) is 6.36 Å². The van der Waals surface area contributed by atoms with Crippen LogP contribution in [-0.2, 0) is 12.8 Å². The summed E-state index contributed by atoms with van der Waals surface area (Å²) in [5, 5.41) is 0. The third-order valence-electron chi connectivity index (χ3n) is 5.10. The number of rotatable bonds is 7. The van der Waals surface area contributed by atoms with Gasteiger partial charge in [0.1, 0.15) is 17.5 Å². The standard InChI is InChI=1S/C25H17F9O/c1-2-18(26)23(31)15-7-6-14(19(27)10-15)5-3-13-4-8-17(20(28)9-13)16-11-21(29)24(22(30)12-16)35-25(32,33)34/h4,6-12H,2-3,5H2,1H3/b23-18+. The van der Waals surface area contributed by atoms with Gasteiger partial charge >= 0.3 is 6.36 Å². The molecule has 0 amide bonds. The third kappa shape index (κ3) is 6.37. The zero-order valence-electron chi connectivity index (χ0n) is 18.1. The van der Waals surface area contributed by atoms with Crippen LogP contribution >= 0.6 is 0 Å². The smallest absolute Gasteiger partial charge is 0.399 e. The largest absolute Gasteiger partial charge is 0.573 e. The molecule has 3 rings (SSSR count). The fourth-order valence-corrected chi connectivity index (χ4v) is 3.35. The molecule has 0 saturated heterocycles. The van der Waals surface area contributed by atoms with Crippen LogP contribution in [0, 0.1) is 23.3 Å². The topological polar surface area (TPSA) is 9.23 Å². The lowest BCUT2D eigenvalue weighted by molar-refractivity contribution is -0.276. The summed E-state index contributed by atoms with van der Waals surface area (Å²) in [6.07, 6.45) is -5.27. The molecule has 186 valence electrons. The van der Waals surface area contributed by atoms with Crippen molar-refractivity contribution in [2.24, 2.45) is 0 Å².